The standard InChI is InChI=1S/C19H21NO2/c21-18(20-14-19(22)11-6-12-19)17-10-5-4-9-16(17)13-15-7-2-1-3-8-15/h1-5,7-10,22H,6,11-14H2,(H,20,21). The summed E-state index contributed by atoms with van der Waals surface area (Å²) in [5.41, 5.74) is 2.19. The first-order chi connectivity index (χ1) is 10.7. The lowest BCUT2D eigenvalue weighted by Gasteiger charge is -2.36. The molecule has 0 aromatic heterocycles. The highest BCUT2D eigenvalue weighted by Gasteiger charge is 2.34. The number of nitrogens with one attached hydrogen (secondary N) is 1. The molecule has 0 saturated heterocycles. The fourth-order valence-corrected chi connectivity index (χ4v) is 2.81. The molecule has 0 radical (unpaired) electrons. The Kier molecular flexibility index (Phi) is 4.25. The molecule has 3 nitrogen and oxygen atoms in total. The molecule has 0 spiro atoms. The average Bonchev–Trinajstić information content (AvgIpc) is 2.52. The maximum absolute atomic E-state index is 12.4. The number of carbonyl (C=O) groups excluding carboxylic acids is 1. The number of aliphatic hydroxyl groups is 1. The van der Waals surface area contributed by atoms with Gasteiger partial charge in [-0.05, 0) is 42.9 Å². The fraction of sp³-hybridized carbons (Fsp3) is 0.316. The molecular formula is C19H21NO2. The van der Waals surface area contributed by atoms with Gasteiger partial charge in [-0.15, -0.1) is 0 Å². The first-order valence-electron chi connectivity index (χ1n) is 7.79. The van der Waals surface area contributed by atoms with E-state index in [1.54, 1.807) is 0 Å². The van der Waals surface area contributed by atoms with E-state index in [1.807, 2.05) is 42.5 Å². The van der Waals surface area contributed by atoms with Gasteiger partial charge in [0.25, 0.3) is 5.91 Å². The molecule has 2 aromatic rings. The summed E-state index contributed by atoms with van der Waals surface area (Å²) >= 11 is 0. The Bertz CT molecular complexity index is 647. The summed E-state index contributed by atoms with van der Waals surface area (Å²) in [7, 11) is 0. The van der Waals surface area contributed by atoms with Crippen LogP contribution in [0.2, 0.25) is 0 Å². The monoisotopic (exact) mass is 295 g/mol. The zero-order chi connectivity index (χ0) is 15.4. The molecule has 114 valence electrons. The third-order valence-electron chi connectivity index (χ3n) is 4.36. The Balaban J connectivity index is 1.71. The van der Waals surface area contributed by atoms with Crippen LogP contribution >= 0.6 is 0 Å². The molecule has 0 atom stereocenters. The molecule has 1 saturated carbocycles. The number of amides is 1. The topological polar surface area (TPSA) is 49.3 Å². The van der Waals surface area contributed by atoms with E-state index in [9.17, 15) is 9.90 Å². The third kappa shape index (κ3) is 3.37. The minimum Gasteiger partial charge on any atom is -0.388 e. The van der Waals surface area contributed by atoms with Crippen LogP contribution in [0, 0.1) is 0 Å². The van der Waals surface area contributed by atoms with Crippen molar-refractivity contribution in [3.05, 3.63) is 71.3 Å². The Morgan fingerprint density at radius 2 is 1.73 bits per heavy atom. The number of carbonyl (C=O) groups is 1. The largest absolute Gasteiger partial charge is 0.388 e. The second-order valence-corrected chi connectivity index (χ2v) is 6.08. The summed E-state index contributed by atoms with van der Waals surface area (Å²) in [6.45, 7) is 0.339. The van der Waals surface area contributed by atoms with E-state index < -0.39 is 5.60 Å². The minimum absolute atomic E-state index is 0.105. The van der Waals surface area contributed by atoms with E-state index in [1.165, 1.54) is 5.56 Å². The van der Waals surface area contributed by atoms with Crippen LogP contribution < -0.4 is 5.32 Å². The smallest absolute Gasteiger partial charge is 0.251 e. The van der Waals surface area contributed by atoms with Gasteiger partial charge < -0.3 is 10.4 Å². The maximum Gasteiger partial charge on any atom is 0.251 e. The lowest BCUT2D eigenvalue weighted by atomic mass is 9.80. The predicted octanol–water partition coefficient (Wildman–Crippen LogP) is 2.92. The number of benzene rings is 2. The zero-order valence-corrected chi connectivity index (χ0v) is 12.6. The lowest BCUT2D eigenvalue weighted by Crippen LogP contribution is -2.47. The average molecular weight is 295 g/mol. The Hall–Kier alpha value is -2.13. The van der Waals surface area contributed by atoms with Crippen molar-refractivity contribution in [2.75, 3.05) is 6.54 Å². The number of hydrogen-bond acceptors (Lipinski definition) is 2. The van der Waals surface area contributed by atoms with Crippen LogP contribution in [0.4, 0.5) is 0 Å². The summed E-state index contributed by atoms with van der Waals surface area (Å²) in [5, 5.41) is 13.0. The lowest BCUT2D eigenvalue weighted by molar-refractivity contribution is -0.0300. The summed E-state index contributed by atoms with van der Waals surface area (Å²) in [6.07, 6.45) is 3.32. The van der Waals surface area contributed by atoms with Crippen LogP contribution in [0.15, 0.2) is 54.6 Å². The van der Waals surface area contributed by atoms with Gasteiger partial charge >= 0.3 is 0 Å². The summed E-state index contributed by atoms with van der Waals surface area (Å²) in [4.78, 5) is 12.4. The van der Waals surface area contributed by atoms with Crippen molar-refractivity contribution in [1.82, 2.24) is 5.32 Å². The van der Waals surface area contributed by atoms with Gasteiger partial charge in [0, 0.05) is 12.1 Å². The number of hydrogen-bond donors (Lipinski definition) is 2. The minimum atomic E-state index is -0.690. The van der Waals surface area contributed by atoms with Gasteiger partial charge in [-0.3, -0.25) is 4.79 Å². The first-order valence-corrected chi connectivity index (χ1v) is 7.79. The zero-order valence-electron chi connectivity index (χ0n) is 12.6. The fourth-order valence-electron chi connectivity index (χ4n) is 2.81. The molecule has 0 aliphatic heterocycles. The van der Waals surface area contributed by atoms with Gasteiger partial charge in [-0.2, -0.15) is 0 Å². The maximum atomic E-state index is 12.4. The van der Waals surface area contributed by atoms with Crippen LogP contribution in [0.5, 0.6) is 0 Å². The molecule has 1 amide bonds. The van der Waals surface area contributed by atoms with E-state index in [4.69, 9.17) is 0 Å². The Labute approximate surface area is 131 Å². The van der Waals surface area contributed by atoms with Crippen molar-refractivity contribution < 1.29 is 9.90 Å². The molecule has 0 heterocycles. The quantitative estimate of drug-likeness (QED) is 0.891. The molecule has 2 aromatic carbocycles. The molecule has 1 aliphatic carbocycles. The summed E-state index contributed by atoms with van der Waals surface area (Å²) < 4.78 is 0. The van der Waals surface area contributed by atoms with Crippen LogP contribution in [0.25, 0.3) is 0 Å². The van der Waals surface area contributed by atoms with E-state index in [-0.39, 0.29) is 5.91 Å². The number of rotatable bonds is 5. The molecular weight excluding hydrogens is 274 g/mol. The molecule has 2 N–H and O–H groups in total. The SMILES string of the molecule is O=C(NCC1(O)CCC1)c1ccccc1Cc1ccccc1. The van der Waals surface area contributed by atoms with Gasteiger partial charge in [0.1, 0.15) is 0 Å². The van der Waals surface area contributed by atoms with Gasteiger partial charge in [0.15, 0.2) is 0 Å². The summed E-state index contributed by atoms with van der Waals surface area (Å²) in [5.74, 6) is -0.105. The highest BCUT2D eigenvalue weighted by Crippen LogP contribution is 2.30. The Morgan fingerprint density at radius 1 is 1.05 bits per heavy atom. The van der Waals surface area contributed by atoms with Crippen molar-refractivity contribution >= 4 is 5.91 Å². The highest BCUT2D eigenvalue weighted by atomic mass is 16.3. The third-order valence-corrected chi connectivity index (χ3v) is 4.36. The van der Waals surface area contributed by atoms with Gasteiger partial charge in [-0.1, -0.05) is 48.5 Å². The molecule has 0 bridgehead atoms. The van der Waals surface area contributed by atoms with Crippen LogP contribution in [-0.2, 0) is 6.42 Å². The van der Waals surface area contributed by atoms with E-state index in [2.05, 4.69) is 17.4 Å². The van der Waals surface area contributed by atoms with Crippen molar-refractivity contribution in [3.63, 3.8) is 0 Å². The van der Waals surface area contributed by atoms with E-state index in [0.717, 1.165) is 31.2 Å². The van der Waals surface area contributed by atoms with Gasteiger partial charge in [-0.25, -0.2) is 0 Å². The van der Waals surface area contributed by atoms with Crippen LogP contribution in [-0.4, -0.2) is 23.2 Å². The molecule has 3 rings (SSSR count). The van der Waals surface area contributed by atoms with Crippen LogP contribution in [0.3, 0.4) is 0 Å². The Morgan fingerprint density at radius 3 is 2.41 bits per heavy atom. The van der Waals surface area contributed by atoms with Crippen molar-refractivity contribution in [3.8, 4) is 0 Å². The van der Waals surface area contributed by atoms with E-state index in [0.29, 0.717) is 12.1 Å². The molecule has 0 unspecified atom stereocenters. The van der Waals surface area contributed by atoms with Crippen molar-refractivity contribution in [2.24, 2.45) is 0 Å². The summed E-state index contributed by atoms with van der Waals surface area (Å²) in [6, 6.07) is 17.8. The molecule has 22 heavy (non-hydrogen) atoms. The molecule has 1 aliphatic rings. The molecule has 3 heteroatoms. The first kappa shape index (κ1) is 14.8. The van der Waals surface area contributed by atoms with E-state index >= 15 is 0 Å². The van der Waals surface area contributed by atoms with Crippen molar-refractivity contribution in [1.29, 1.82) is 0 Å². The second kappa shape index (κ2) is 6.32. The van der Waals surface area contributed by atoms with Gasteiger partial charge in [0.05, 0.1) is 5.60 Å². The van der Waals surface area contributed by atoms with Crippen molar-refractivity contribution in [2.45, 2.75) is 31.3 Å². The second-order valence-electron chi connectivity index (χ2n) is 6.08. The van der Waals surface area contributed by atoms with Crippen LogP contribution in [0.1, 0.15) is 40.7 Å². The molecule has 1 fully saturated rings. The van der Waals surface area contributed by atoms with Gasteiger partial charge in [0.2, 0.25) is 0 Å². The normalized spacial score (nSPS) is 15.9. The highest BCUT2D eigenvalue weighted by molar-refractivity contribution is 5.95. The predicted molar refractivity (Wildman–Crippen MR) is 86.8 cm³/mol.